The van der Waals surface area contributed by atoms with E-state index in [4.69, 9.17) is 31.6 Å². The standard InChI is InChI=1S/6CHN.Cu/c6*1-2;/h6*1H;. The average molecular weight is 226 g/mol. The smallest absolute Gasteiger partial charge is 0.0462 e. The van der Waals surface area contributed by atoms with E-state index < -0.39 is 0 Å². The fourth-order valence-electron chi connectivity index (χ4n) is 0. The van der Waals surface area contributed by atoms with E-state index in [-0.39, 0.29) is 17.1 Å². The molecule has 6 nitrogen and oxygen atoms in total. The summed E-state index contributed by atoms with van der Waals surface area (Å²) in [5, 5.41) is 39.0. The van der Waals surface area contributed by atoms with Crippen LogP contribution in [0.3, 0.4) is 0 Å². The van der Waals surface area contributed by atoms with E-state index in [0.717, 1.165) is 0 Å². The second-order valence-corrected chi connectivity index (χ2v) is 0. The first-order chi connectivity index (χ1) is 6.00. The molecule has 0 fully saturated rings. The zero-order valence-corrected chi connectivity index (χ0v) is 7.39. The summed E-state index contributed by atoms with van der Waals surface area (Å²) < 4.78 is 0. The topological polar surface area (TPSA) is 143 Å². The van der Waals surface area contributed by atoms with Crippen LogP contribution >= 0.6 is 0 Å². The second-order valence-electron chi connectivity index (χ2n) is 0. The molecule has 0 bridgehead atoms. The number of nitriles is 6. The molecule has 7 heteroatoms. The van der Waals surface area contributed by atoms with Crippen molar-refractivity contribution in [2.24, 2.45) is 0 Å². The molecule has 0 spiro atoms. The van der Waals surface area contributed by atoms with Crippen LogP contribution < -0.4 is 0 Å². The summed E-state index contributed by atoms with van der Waals surface area (Å²) in [6.07, 6.45) is 0. The van der Waals surface area contributed by atoms with Crippen molar-refractivity contribution in [2.45, 2.75) is 0 Å². The SMILES string of the molecule is C#N.C#N.C#N.C#N.C#N.C#N.[Cu]. The number of nitrogens with zero attached hydrogens (tertiary/aromatic N) is 6. The van der Waals surface area contributed by atoms with E-state index in [2.05, 4.69) is 39.4 Å². The Morgan fingerprint density at radius 2 is 0.308 bits per heavy atom. The van der Waals surface area contributed by atoms with E-state index in [1.54, 1.807) is 0 Å². The molecule has 0 atom stereocenters. The van der Waals surface area contributed by atoms with E-state index in [1.807, 2.05) is 0 Å². The number of hydrogen-bond donors (Lipinski definition) is 0. The first-order valence-corrected chi connectivity index (χ1v) is 1.55. The van der Waals surface area contributed by atoms with Gasteiger partial charge in [0.1, 0.15) is 0 Å². The molecule has 0 saturated carbocycles. The van der Waals surface area contributed by atoms with Gasteiger partial charge >= 0.3 is 0 Å². The predicted octanol–water partition coefficient (Wildman–Crippen LogP) is 0.836. The largest absolute Gasteiger partial charge is 0.202 e. The molecular formula is C6H6CuN6. The van der Waals surface area contributed by atoms with E-state index in [9.17, 15) is 0 Å². The molecule has 0 aliphatic heterocycles. The molecule has 0 N–H and O–H groups in total. The summed E-state index contributed by atoms with van der Waals surface area (Å²) in [7, 11) is 0. The normalized spacial score (nSPS) is 0.923. The summed E-state index contributed by atoms with van der Waals surface area (Å²) in [5.41, 5.74) is 0. The van der Waals surface area contributed by atoms with Crippen LogP contribution in [0.25, 0.3) is 0 Å². The summed E-state index contributed by atoms with van der Waals surface area (Å²) in [4.78, 5) is 0. The van der Waals surface area contributed by atoms with Gasteiger partial charge in [0, 0.05) is 56.5 Å². The Morgan fingerprint density at radius 1 is 0.308 bits per heavy atom. The molecule has 0 unspecified atom stereocenters. The second kappa shape index (κ2) is 105. The monoisotopic (exact) mass is 225 g/mol. The number of hydrogen-bond acceptors (Lipinski definition) is 6. The van der Waals surface area contributed by atoms with Crippen LogP contribution in [0.4, 0.5) is 0 Å². The van der Waals surface area contributed by atoms with Gasteiger partial charge in [-0.15, -0.1) is 0 Å². The van der Waals surface area contributed by atoms with E-state index >= 15 is 0 Å². The zero-order chi connectivity index (χ0) is 12.0. The Bertz CT molecular complexity index is 92.1. The maximum atomic E-state index is 6.50. The molecule has 0 aromatic carbocycles. The van der Waals surface area contributed by atoms with Crippen molar-refractivity contribution >= 4 is 0 Å². The molecule has 0 heterocycles. The van der Waals surface area contributed by atoms with Crippen molar-refractivity contribution in [3.63, 3.8) is 0 Å². The van der Waals surface area contributed by atoms with Crippen LogP contribution in [0.15, 0.2) is 0 Å². The Labute approximate surface area is 88.5 Å². The molecule has 13 heavy (non-hydrogen) atoms. The van der Waals surface area contributed by atoms with Gasteiger partial charge < -0.3 is 0 Å². The average Bonchev–Trinajstić information content (AvgIpc) is 2.33. The van der Waals surface area contributed by atoms with Crippen LogP contribution in [0.5, 0.6) is 0 Å². The Morgan fingerprint density at radius 3 is 0.308 bits per heavy atom. The van der Waals surface area contributed by atoms with Gasteiger partial charge in [-0.1, -0.05) is 0 Å². The van der Waals surface area contributed by atoms with Gasteiger partial charge in [0.25, 0.3) is 0 Å². The molecule has 1 radical (unpaired) electrons. The van der Waals surface area contributed by atoms with Crippen molar-refractivity contribution < 1.29 is 17.1 Å². The molecule has 0 aromatic heterocycles. The van der Waals surface area contributed by atoms with Gasteiger partial charge in [0.15, 0.2) is 0 Å². The molecular weight excluding hydrogens is 220 g/mol. The Kier molecular flexibility index (Phi) is 631. The number of rotatable bonds is 0. The summed E-state index contributed by atoms with van der Waals surface area (Å²) in [6, 6.07) is 0. The van der Waals surface area contributed by atoms with Crippen molar-refractivity contribution in [1.82, 2.24) is 0 Å². The summed E-state index contributed by atoms with van der Waals surface area (Å²) in [6.45, 7) is 21.0. The predicted molar refractivity (Wildman–Crippen MR) is 40.0 cm³/mol. The van der Waals surface area contributed by atoms with Gasteiger partial charge in [0.2, 0.25) is 0 Å². The minimum Gasteiger partial charge on any atom is -0.202 e. The van der Waals surface area contributed by atoms with Crippen LogP contribution in [0.2, 0.25) is 0 Å². The van der Waals surface area contributed by atoms with E-state index in [0.29, 0.717) is 0 Å². The van der Waals surface area contributed by atoms with Crippen LogP contribution in [0.1, 0.15) is 0 Å². The molecule has 0 amide bonds. The van der Waals surface area contributed by atoms with Crippen LogP contribution in [-0.2, 0) is 17.1 Å². The first kappa shape index (κ1) is 78.2. The third-order valence-electron chi connectivity index (χ3n) is 0. The van der Waals surface area contributed by atoms with Gasteiger partial charge in [-0.2, -0.15) is 0 Å². The van der Waals surface area contributed by atoms with Crippen LogP contribution in [-0.4, -0.2) is 0 Å². The summed E-state index contributed by atoms with van der Waals surface area (Å²) >= 11 is 0. The third kappa shape index (κ3) is 81.6. The Hall–Kier alpha value is -2.54. The van der Waals surface area contributed by atoms with Crippen molar-refractivity contribution in [1.29, 1.82) is 31.6 Å². The molecule has 0 rings (SSSR count). The van der Waals surface area contributed by atoms with Gasteiger partial charge in [-0.05, 0) is 0 Å². The van der Waals surface area contributed by atoms with Gasteiger partial charge in [0.05, 0.1) is 0 Å². The molecule has 0 aliphatic rings. The van der Waals surface area contributed by atoms with Gasteiger partial charge in [-0.25, -0.2) is 31.6 Å². The van der Waals surface area contributed by atoms with E-state index in [1.165, 1.54) is 0 Å². The van der Waals surface area contributed by atoms with Crippen molar-refractivity contribution in [3.05, 3.63) is 0 Å². The maximum absolute atomic E-state index is 6.50. The minimum atomic E-state index is 0. The molecule has 71 valence electrons. The van der Waals surface area contributed by atoms with Crippen molar-refractivity contribution in [2.75, 3.05) is 0 Å². The molecule has 0 saturated heterocycles. The van der Waals surface area contributed by atoms with Gasteiger partial charge in [-0.3, -0.25) is 0 Å². The maximum Gasteiger partial charge on any atom is 0.0462 e. The zero-order valence-electron chi connectivity index (χ0n) is 6.45. The minimum absolute atomic E-state index is 0. The summed E-state index contributed by atoms with van der Waals surface area (Å²) in [5.74, 6) is 0. The fourth-order valence-corrected chi connectivity index (χ4v) is 0. The third-order valence-corrected chi connectivity index (χ3v) is 0. The van der Waals surface area contributed by atoms with Crippen LogP contribution in [0, 0.1) is 71.0 Å². The van der Waals surface area contributed by atoms with Crippen molar-refractivity contribution in [3.8, 4) is 39.4 Å². The first-order valence-electron chi connectivity index (χ1n) is 1.55. The fraction of sp³-hybridized carbons (Fsp3) is 0. The quantitative estimate of drug-likeness (QED) is 0.559. The molecule has 0 aliphatic carbocycles. The Balaban J connectivity index is -0.00000000655. The molecule has 0 aromatic rings.